The van der Waals surface area contributed by atoms with Crippen LogP contribution in [0.15, 0.2) is 12.3 Å². The minimum atomic E-state index is -0.0168. The number of carbonyl (C=O) groups excluding carboxylic acids is 1. The molecule has 0 aliphatic carbocycles. The highest BCUT2D eigenvalue weighted by Gasteiger charge is 2.02. The van der Waals surface area contributed by atoms with Crippen molar-refractivity contribution in [2.75, 3.05) is 6.61 Å². The third-order valence-electron chi connectivity index (χ3n) is 0.951. The first-order chi connectivity index (χ1) is 4.22. The number of hydrogen-bond acceptors (Lipinski definition) is 2. The fourth-order valence-electron chi connectivity index (χ4n) is 0.452. The molecular weight excluding hydrogens is 116 g/mol. The van der Waals surface area contributed by atoms with Crippen LogP contribution in [0, 0.1) is 0 Å². The maximum Gasteiger partial charge on any atom is 0.196 e. The fraction of sp³-hybridized carbons (Fsp3) is 0.571. The summed E-state index contributed by atoms with van der Waals surface area (Å²) in [6.07, 6.45) is 0.471. The topological polar surface area (TPSA) is 26.3 Å². The first-order valence-electron chi connectivity index (χ1n) is 3.07. The van der Waals surface area contributed by atoms with E-state index in [9.17, 15) is 4.79 Å². The first-order valence-corrected chi connectivity index (χ1v) is 3.07. The zero-order chi connectivity index (χ0) is 7.28. The molecule has 0 N–H and O–H groups in total. The number of rotatable bonds is 4. The molecule has 0 bridgehead atoms. The van der Waals surface area contributed by atoms with Crippen LogP contribution in [-0.2, 0) is 9.53 Å². The van der Waals surface area contributed by atoms with E-state index < -0.39 is 0 Å². The predicted octanol–water partition coefficient (Wildman–Crippen LogP) is 1.52. The van der Waals surface area contributed by atoms with Gasteiger partial charge < -0.3 is 4.74 Å². The monoisotopic (exact) mass is 128 g/mol. The number of ether oxygens (including phenoxy) is 1. The Morgan fingerprint density at radius 3 is 2.44 bits per heavy atom. The van der Waals surface area contributed by atoms with Gasteiger partial charge in [-0.15, -0.1) is 0 Å². The Hall–Kier alpha value is -0.790. The van der Waals surface area contributed by atoms with Gasteiger partial charge in [-0.25, -0.2) is 0 Å². The molecular formula is C7H12O2. The second kappa shape index (κ2) is 4.13. The Balaban J connectivity index is 3.60. The highest BCUT2D eigenvalue weighted by Crippen LogP contribution is 1.97. The lowest BCUT2D eigenvalue weighted by Gasteiger charge is -2.01. The van der Waals surface area contributed by atoms with Crippen LogP contribution in [0.3, 0.4) is 0 Å². The third-order valence-corrected chi connectivity index (χ3v) is 0.951. The van der Waals surface area contributed by atoms with Gasteiger partial charge in [0.05, 0.1) is 6.61 Å². The Kier molecular flexibility index (Phi) is 3.76. The molecule has 0 spiro atoms. The van der Waals surface area contributed by atoms with Crippen LogP contribution >= 0.6 is 0 Å². The Morgan fingerprint density at radius 1 is 1.56 bits per heavy atom. The predicted molar refractivity (Wildman–Crippen MR) is 36.1 cm³/mol. The summed E-state index contributed by atoms with van der Waals surface area (Å²) < 4.78 is 4.85. The third kappa shape index (κ3) is 2.90. The van der Waals surface area contributed by atoms with Crippen LogP contribution in [-0.4, -0.2) is 12.4 Å². The van der Waals surface area contributed by atoms with E-state index in [1.54, 1.807) is 6.92 Å². The van der Waals surface area contributed by atoms with Crippen LogP contribution in [0.25, 0.3) is 0 Å². The van der Waals surface area contributed by atoms with Gasteiger partial charge in [0.2, 0.25) is 0 Å². The lowest BCUT2D eigenvalue weighted by molar-refractivity contribution is -0.118. The van der Waals surface area contributed by atoms with E-state index in [1.807, 2.05) is 6.92 Å². The number of carbonyl (C=O) groups is 1. The molecule has 0 rings (SSSR count). The van der Waals surface area contributed by atoms with Gasteiger partial charge in [-0.3, -0.25) is 4.79 Å². The molecule has 0 aromatic rings. The largest absolute Gasteiger partial charge is 0.491 e. The van der Waals surface area contributed by atoms with Gasteiger partial charge in [0.15, 0.2) is 11.5 Å². The highest BCUT2D eigenvalue weighted by atomic mass is 16.5. The summed E-state index contributed by atoms with van der Waals surface area (Å²) in [5.74, 6) is 0.261. The van der Waals surface area contributed by atoms with Crippen molar-refractivity contribution in [1.82, 2.24) is 0 Å². The molecule has 0 radical (unpaired) electrons. The first kappa shape index (κ1) is 8.21. The molecule has 0 fully saturated rings. The van der Waals surface area contributed by atoms with Crippen LogP contribution in [0.1, 0.15) is 20.3 Å². The molecule has 2 nitrogen and oxygen atoms in total. The summed E-state index contributed by atoms with van der Waals surface area (Å²) >= 11 is 0. The van der Waals surface area contributed by atoms with Crippen molar-refractivity contribution in [1.29, 1.82) is 0 Å². The smallest absolute Gasteiger partial charge is 0.196 e. The molecule has 0 unspecified atom stereocenters. The molecule has 0 atom stereocenters. The van der Waals surface area contributed by atoms with E-state index in [1.165, 1.54) is 0 Å². The quantitative estimate of drug-likeness (QED) is 0.424. The molecule has 0 saturated carbocycles. The number of allylic oxidation sites excluding steroid dienone is 1. The van der Waals surface area contributed by atoms with E-state index in [4.69, 9.17) is 4.74 Å². The van der Waals surface area contributed by atoms with Crippen molar-refractivity contribution >= 4 is 5.78 Å². The second-order valence-corrected chi connectivity index (χ2v) is 1.63. The normalized spacial score (nSPS) is 8.67. The van der Waals surface area contributed by atoms with E-state index in [0.29, 0.717) is 13.0 Å². The molecule has 0 heterocycles. The van der Waals surface area contributed by atoms with Crippen molar-refractivity contribution in [3.63, 3.8) is 0 Å². The highest BCUT2D eigenvalue weighted by molar-refractivity contribution is 5.92. The second-order valence-electron chi connectivity index (χ2n) is 1.63. The van der Waals surface area contributed by atoms with Crippen molar-refractivity contribution < 1.29 is 9.53 Å². The Labute approximate surface area is 55.5 Å². The number of Topliss-reactive ketones (excluding diaryl/α,β-unsaturated/α-hetero) is 1. The van der Waals surface area contributed by atoms with Gasteiger partial charge in [0, 0.05) is 6.42 Å². The Bertz CT molecular complexity index is 116. The minimum absolute atomic E-state index is 0.0168. The van der Waals surface area contributed by atoms with E-state index in [2.05, 4.69) is 6.58 Å². The summed E-state index contributed by atoms with van der Waals surface area (Å²) in [5, 5.41) is 0. The Morgan fingerprint density at radius 2 is 2.11 bits per heavy atom. The lowest BCUT2D eigenvalue weighted by Crippen LogP contribution is -2.02. The van der Waals surface area contributed by atoms with Crippen molar-refractivity contribution in [3.05, 3.63) is 12.3 Å². The number of ketones is 1. The van der Waals surface area contributed by atoms with Gasteiger partial charge in [0.25, 0.3) is 0 Å². The molecule has 0 aromatic heterocycles. The minimum Gasteiger partial charge on any atom is -0.491 e. The van der Waals surface area contributed by atoms with Gasteiger partial charge in [-0.1, -0.05) is 13.5 Å². The van der Waals surface area contributed by atoms with Crippen LogP contribution in [0.2, 0.25) is 0 Å². The zero-order valence-electron chi connectivity index (χ0n) is 5.94. The summed E-state index contributed by atoms with van der Waals surface area (Å²) in [6, 6.07) is 0. The van der Waals surface area contributed by atoms with E-state index >= 15 is 0 Å². The summed E-state index contributed by atoms with van der Waals surface area (Å²) in [7, 11) is 0. The van der Waals surface area contributed by atoms with E-state index in [0.717, 1.165) is 0 Å². The molecule has 0 aliphatic rings. The summed E-state index contributed by atoms with van der Waals surface area (Å²) in [4.78, 5) is 10.7. The maximum atomic E-state index is 10.7. The van der Waals surface area contributed by atoms with Gasteiger partial charge >= 0.3 is 0 Å². The summed E-state index contributed by atoms with van der Waals surface area (Å²) in [5.41, 5.74) is 0. The SMILES string of the molecule is C=C(OCC)C(=O)CC. The van der Waals surface area contributed by atoms with Gasteiger partial charge in [0.1, 0.15) is 0 Å². The average Bonchev–Trinajstić information content (AvgIpc) is 1.87. The number of hydrogen-bond donors (Lipinski definition) is 0. The average molecular weight is 128 g/mol. The lowest BCUT2D eigenvalue weighted by atomic mass is 10.3. The van der Waals surface area contributed by atoms with Gasteiger partial charge in [-0.05, 0) is 6.92 Å². The standard InChI is InChI=1S/C7H12O2/c1-4-7(8)6(3)9-5-2/h3-5H2,1-2H3. The van der Waals surface area contributed by atoms with Crippen LogP contribution in [0.4, 0.5) is 0 Å². The van der Waals surface area contributed by atoms with E-state index in [-0.39, 0.29) is 11.5 Å². The van der Waals surface area contributed by atoms with Crippen LogP contribution < -0.4 is 0 Å². The molecule has 52 valence electrons. The van der Waals surface area contributed by atoms with Crippen molar-refractivity contribution in [2.45, 2.75) is 20.3 Å². The van der Waals surface area contributed by atoms with Crippen molar-refractivity contribution in [2.24, 2.45) is 0 Å². The van der Waals surface area contributed by atoms with Gasteiger partial charge in [-0.2, -0.15) is 0 Å². The maximum absolute atomic E-state index is 10.7. The molecule has 0 amide bonds. The zero-order valence-corrected chi connectivity index (χ0v) is 5.94. The molecule has 0 aliphatic heterocycles. The van der Waals surface area contributed by atoms with Crippen LogP contribution in [0.5, 0.6) is 0 Å². The molecule has 9 heavy (non-hydrogen) atoms. The molecule has 0 aromatic carbocycles. The molecule has 2 heteroatoms. The molecule has 0 saturated heterocycles. The summed E-state index contributed by atoms with van der Waals surface area (Å²) in [6.45, 7) is 7.57. The van der Waals surface area contributed by atoms with Crippen molar-refractivity contribution in [3.8, 4) is 0 Å². The fourth-order valence-corrected chi connectivity index (χ4v) is 0.452.